The molecule has 17 heavy (non-hydrogen) atoms. The molecular weight excluding hydrogens is 226 g/mol. The monoisotopic (exact) mass is 235 g/mol. The molecular formula is C10H9N3O4. The van der Waals surface area contributed by atoms with Crippen LogP contribution >= 0.6 is 0 Å². The molecule has 0 radical (unpaired) electrons. The van der Waals surface area contributed by atoms with Gasteiger partial charge in [0.15, 0.2) is 0 Å². The highest BCUT2D eigenvalue weighted by atomic mass is 16.6. The van der Waals surface area contributed by atoms with Crippen LogP contribution in [0.1, 0.15) is 16.1 Å². The molecule has 1 aromatic heterocycles. The van der Waals surface area contributed by atoms with Gasteiger partial charge in [0.2, 0.25) is 0 Å². The largest absolute Gasteiger partial charge is 0.465 e. The van der Waals surface area contributed by atoms with Gasteiger partial charge in [0.25, 0.3) is 5.69 Å². The maximum Gasteiger partial charge on any atom is 0.338 e. The number of nitro benzene ring substituents is 1. The third-order valence-electron chi connectivity index (χ3n) is 2.43. The normalized spacial score (nSPS) is 10.5. The summed E-state index contributed by atoms with van der Waals surface area (Å²) in [6.07, 6.45) is 0. The van der Waals surface area contributed by atoms with Gasteiger partial charge in [-0.15, -0.1) is 0 Å². The number of carbonyl (C=O) groups is 1. The Morgan fingerprint density at radius 2 is 2.24 bits per heavy atom. The van der Waals surface area contributed by atoms with Gasteiger partial charge in [0.05, 0.1) is 17.6 Å². The van der Waals surface area contributed by atoms with Crippen molar-refractivity contribution in [3.05, 3.63) is 33.5 Å². The van der Waals surface area contributed by atoms with Crippen LogP contribution in [0.15, 0.2) is 12.1 Å². The minimum atomic E-state index is -0.629. The summed E-state index contributed by atoms with van der Waals surface area (Å²) in [5.74, 6) is -0.629. The van der Waals surface area contributed by atoms with Gasteiger partial charge in [0, 0.05) is 11.8 Å². The van der Waals surface area contributed by atoms with Gasteiger partial charge in [-0.05, 0) is 13.0 Å². The fourth-order valence-corrected chi connectivity index (χ4v) is 1.66. The van der Waals surface area contributed by atoms with Gasteiger partial charge in [0.1, 0.15) is 10.9 Å². The van der Waals surface area contributed by atoms with E-state index in [4.69, 9.17) is 0 Å². The van der Waals surface area contributed by atoms with Crippen molar-refractivity contribution in [1.29, 1.82) is 0 Å². The van der Waals surface area contributed by atoms with E-state index in [1.807, 2.05) is 0 Å². The number of H-pyrrole nitrogens is 1. The van der Waals surface area contributed by atoms with Crippen molar-refractivity contribution in [2.75, 3.05) is 7.11 Å². The van der Waals surface area contributed by atoms with Crippen LogP contribution in [0.25, 0.3) is 10.9 Å². The van der Waals surface area contributed by atoms with Crippen LogP contribution in [0.3, 0.4) is 0 Å². The third kappa shape index (κ3) is 1.71. The Kier molecular flexibility index (Phi) is 2.51. The zero-order valence-electron chi connectivity index (χ0n) is 9.18. The Balaban J connectivity index is 2.77. The first kappa shape index (κ1) is 11.1. The van der Waals surface area contributed by atoms with Crippen LogP contribution in [0, 0.1) is 17.0 Å². The third-order valence-corrected chi connectivity index (χ3v) is 2.43. The van der Waals surface area contributed by atoms with Crippen molar-refractivity contribution in [3.63, 3.8) is 0 Å². The molecule has 0 fully saturated rings. The molecule has 0 unspecified atom stereocenters. The summed E-state index contributed by atoms with van der Waals surface area (Å²) in [5, 5.41) is 17.9. The lowest BCUT2D eigenvalue weighted by Gasteiger charge is -2.00. The molecule has 0 saturated carbocycles. The van der Waals surface area contributed by atoms with Gasteiger partial charge in [-0.2, -0.15) is 5.10 Å². The SMILES string of the molecule is COC(=O)c1cc([N+](=O)[O-])c2c(C)[nH]nc2c1. The van der Waals surface area contributed by atoms with Crippen molar-refractivity contribution in [1.82, 2.24) is 10.2 Å². The number of hydrogen-bond acceptors (Lipinski definition) is 5. The summed E-state index contributed by atoms with van der Waals surface area (Å²) >= 11 is 0. The standard InChI is InChI=1S/C10H9N3O4/c1-5-9-7(12-11-5)3-6(10(14)17-2)4-8(9)13(15)16/h3-4H,1-2H3,(H,11,12). The second kappa shape index (κ2) is 3.85. The number of benzene rings is 1. The molecule has 0 saturated heterocycles. The molecule has 0 aliphatic heterocycles. The Hall–Kier alpha value is -2.44. The molecule has 0 aliphatic rings. The van der Waals surface area contributed by atoms with E-state index in [1.165, 1.54) is 19.2 Å². The van der Waals surface area contributed by atoms with Gasteiger partial charge >= 0.3 is 5.97 Å². The predicted octanol–water partition coefficient (Wildman–Crippen LogP) is 1.57. The number of carbonyl (C=O) groups excluding carboxylic acids is 1. The summed E-state index contributed by atoms with van der Waals surface area (Å²) in [5.41, 5.74) is 0.910. The van der Waals surface area contributed by atoms with Crippen molar-refractivity contribution in [2.45, 2.75) is 6.92 Å². The molecule has 7 heteroatoms. The van der Waals surface area contributed by atoms with E-state index in [9.17, 15) is 14.9 Å². The Morgan fingerprint density at radius 3 is 2.82 bits per heavy atom. The van der Waals surface area contributed by atoms with Crippen molar-refractivity contribution in [2.24, 2.45) is 0 Å². The molecule has 0 amide bonds. The smallest absolute Gasteiger partial charge is 0.338 e. The maximum absolute atomic E-state index is 11.4. The maximum atomic E-state index is 11.4. The average Bonchev–Trinajstić information content (AvgIpc) is 2.69. The number of aromatic amines is 1. The molecule has 0 spiro atoms. The quantitative estimate of drug-likeness (QED) is 0.484. The van der Waals surface area contributed by atoms with E-state index in [2.05, 4.69) is 14.9 Å². The van der Waals surface area contributed by atoms with E-state index >= 15 is 0 Å². The van der Waals surface area contributed by atoms with Crippen LogP contribution < -0.4 is 0 Å². The van der Waals surface area contributed by atoms with Crippen LogP contribution in [0.2, 0.25) is 0 Å². The fourth-order valence-electron chi connectivity index (χ4n) is 1.66. The molecule has 0 bridgehead atoms. The van der Waals surface area contributed by atoms with Crippen molar-refractivity contribution >= 4 is 22.6 Å². The zero-order chi connectivity index (χ0) is 12.6. The highest BCUT2D eigenvalue weighted by molar-refractivity contribution is 5.99. The van der Waals surface area contributed by atoms with E-state index in [1.54, 1.807) is 6.92 Å². The number of nitrogens with one attached hydrogen (secondary N) is 1. The average molecular weight is 235 g/mol. The number of non-ortho nitro benzene ring substituents is 1. The van der Waals surface area contributed by atoms with Gasteiger partial charge in [-0.3, -0.25) is 15.2 Å². The minimum Gasteiger partial charge on any atom is -0.465 e. The first-order valence-electron chi connectivity index (χ1n) is 4.76. The Labute approximate surface area is 95.5 Å². The van der Waals surface area contributed by atoms with E-state index < -0.39 is 10.9 Å². The van der Waals surface area contributed by atoms with E-state index in [0.29, 0.717) is 16.6 Å². The second-order valence-corrected chi connectivity index (χ2v) is 3.49. The van der Waals surface area contributed by atoms with E-state index in [0.717, 1.165) is 0 Å². The lowest BCUT2D eigenvalue weighted by atomic mass is 10.1. The van der Waals surface area contributed by atoms with Crippen LogP contribution in [-0.2, 0) is 4.74 Å². The first-order chi connectivity index (χ1) is 8.04. The number of nitrogens with zero attached hydrogens (tertiary/aromatic N) is 2. The molecule has 0 aliphatic carbocycles. The molecule has 1 heterocycles. The molecule has 7 nitrogen and oxygen atoms in total. The van der Waals surface area contributed by atoms with Gasteiger partial charge in [-0.1, -0.05) is 0 Å². The minimum absolute atomic E-state index is 0.109. The lowest BCUT2D eigenvalue weighted by Crippen LogP contribution is -2.02. The topological polar surface area (TPSA) is 98.1 Å². The van der Waals surface area contributed by atoms with Crippen LogP contribution in [0.5, 0.6) is 0 Å². The number of ether oxygens (including phenoxy) is 1. The van der Waals surface area contributed by atoms with E-state index in [-0.39, 0.29) is 11.3 Å². The number of esters is 1. The second-order valence-electron chi connectivity index (χ2n) is 3.49. The number of hydrogen-bond donors (Lipinski definition) is 1. The van der Waals surface area contributed by atoms with Gasteiger partial charge < -0.3 is 4.74 Å². The number of aromatic nitrogens is 2. The summed E-state index contributed by atoms with van der Waals surface area (Å²) in [6, 6.07) is 2.65. The van der Waals surface area contributed by atoms with Crippen LogP contribution in [0.4, 0.5) is 5.69 Å². The van der Waals surface area contributed by atoms with Crippen LogP contribution in [-0.4, -0.2) is 28.2 Å². The number of fused-ring (bicyclic) bond motifs is 1. The summed E-state index contributed by atoms with van der Waals surface area (Å²) in [6.45, 7) is 1.68. The number of aryl methyl sites for hydroxylation is 1. The van der Waals surface area contributed by atoms with Crippen molar-refractivity contribution in [3.8, 4) is 0 Å². The lowest BCUT2D eigenvalue weighted by molar-refractivity contribution is -0.383. The molecule has 2 aromatic rings. The Morgan fingerprint density at radius 1 is 1.53 bits per heavy atom. The summed E-state index contributed by atoms with van der Waals surface area (Å²) in [4.78, 5) is 21.8. The number of rotatable bonds is 2. The first-order valence-corrected chi connectivity index (χ1v) is 4.76. The number of methoxy groups -OCH3 is 1. The highest BCUT2D eigenvalue weighted by Crippen LogP contribution is 2.28. The summed E-state index contributed by atoms with van der Waals surface area (Å²) < 4.78 is 4.53. The number of nitro groups is 1. The summed E-state index contributed by atoms with van der Waals surface area (Å²) in [7, 11) is 1.22. The molecule has 88 valence electrons. The van der Waals surface area contributed by atoms with Gasteiger partial charge in [-0.25, -0.2) is 4.79 Å². The Bertz CT molecular complexity index is 617. The molecule has 0 atom stereocenters. The predicted molar refractivity (Wildman–Crippen MR) is 58.8 cm³/mol. The fraction of sp³-hybridized carbons (Fsp3) is 0.200. The molecule has 1 aromatic carbocycles. The molecule has 2 rings (SSSR count). The zero-order valence-corrected chi connectivity index (χ0v) is 9.18. The van der Waals surface area contributed by atoms with Crippen molar-refractivity contribution < 1.29 is 14.5 Å². The highest BCUT2D eigenvalue weighted by Gasteiger charge is 2.20. The molecule has 1 N–H and O–H groups in total.